The minimum atomic E-state index is -0.238. The molecule has 174 valence electrons. The first-order valence-electron chi connectivity index (χ1n) is 11.6. The van der Waals surface area contributed by atoms with Crippen LogP contribution in [-0.4, -0.2) is 54.3 Å². The third-order valence-electron chi connectivity index (χ3n) is 5.70. The average molecular weight is 449 g/mol. The second-order valence-electron chi connectivity index (χ2n) is 8.52. The summed E-state index contributed by atoms with van der Waals surface area (Å²) in [5, 5.41) is 5.00. The number of hydrogen-bond donors (Lipinski definition) is 0. The van der Waals surface area contributed by atoms with Crippen molar-refractivity contribution in [3.8, 4) is 0 Å². The molecule has 2 unspecified atom stereocenters. The van der Waals surface area contributed by atoms with Crippen molar-refractivity contribution in [3.63, 3.8) is 0 Å². The second kappa shape index (κ2) is 9.80. The quantitative estimate of drug-likeness (QED) is 0.476. The van der Waals surface area contributed by atoms with Gasteiger partial charge in [-0.3, -0.25) is 9.47 Å². The van der Waals surface area contributed by atoms with Crippen LogP contribution < -0.4 is 5.69 Å². The van der Waals surface area contributed by atoms with Crippen molar-refractivity contribution in [2.45, 2.75) is 59.9 Å². The van der Waals surface area contributed by atoms with Gasteiger partial charge < -0.3 is 4.74 Å². The molecule has 1 aromatic carbocycles. The molecule has 4 aromatic rings. The van der Waals surface area contributed by atoms with Crippen molar-refractivity contribution in [2.75, 3.05) is 13.1 Å². The van der Waals surface area contributed by atoms with E-state index in [1.807, 2.05) is 45.2 Å². The Morgan fingerprint density at radius 2 is 1.76 bits per heavy atom. The third-order valence-corrected chi connectivity index (χ3v) is 5.70. The van der Waals surface area contributed by atoms with Gasteiger partial charge in [0.1, 0.15) is 12.0 Å². The Morgan fingerprint density at radius 3 is 2.48 bits per heavy atom. The Kier molecular flexibility index (Phi) is 6.85. The second-order valence-corrected chi connectivity index (χ2v) is 8.52. The number of aromatic nitrogens is 5. The van der Waals surface area contributed by atoms with E-state index in [9.17, 15) is 4.79 Å². The molecule has 1 aliphatic rings. The van der Waals surface area contributed by atoms with E-state index in [2.05, 4.69) is 41.0 Å². The van der Waals surface area contributed by atoms with E-state index in [4.69, 9.17) is 9.72 Å². The van der Waals surface area contributed by atoms with Gasteiger partial charge in [-0.2, -0.15) is 9.61 Å². The van der Waals surface area contributed by atoms with Crippen LogP contribution in [0.25, 0.3) is 16.7 Å². The molecule has 1 aliphatic heterocycles. The van der Waals surface area contributed by atoms with Crippen LogP contribution in [0, 0.1) is 6.92 Å². The number of pyridine rings is 1. The van der Waals surface area contributed by atoms with E-state index >= 15 is 0 Å². The van der Waals surface area contributed by atoms with Gasteiger partial charge in [-0.25, -0.2) is 14.8 Å². The number of fused-ring (bicyclic) bond motifs is 3. The van der Waals surface area contributed by atoms with Crippen LogP contribution in [0.3, 0.4) is 0 Å². The largest absolute Gasteiger partial charge is 0.373 e. The molecule has 33 heavy (non-hydrogen) atoms. The van der Waals surface area contributed by atoms with Crippen LogP contribution in [-0.2, 0) is 17.8 Å². The smallest absolute Gasteiger partial charge is 0.352 e. The molecule has 5 rings (SSSR count). The van der Waals surface area contributed by atoms with Crippen LogP contribution in [0.5, 0.6) is 0 Å². The normalized spacial score (nSPS) is 18.9. The summed E-state index contributed by atoms with van der Waals surface area (Å²) in [6.07, 6.45) is 3.71. The van der Waals surface area contributed by atoms with Crippen molar-refractivity contribution < 1.29 is 4.74 Å². The molecule has 0 bridgehead atoms. The SMILES string of the molecule is CC.Cc1cccc(Cn2c(=O)n3ncnc3c3cc(CN4CC(C)OC(C)C4)cnc32)c1. The number of benzene rings is 1. The lowest BCUT2D eigenvalue weighted by Gasteiger charge is -2.35. The van der Waals surface area contributed by atoms with Gasteiger partial charge in [0.2, 0.25) is 0 Å². The van der Waals surface area contributed by atoms with Crippen molar-refractivity contribution >= 4 is 16.7 Å². The predicted octanol–water partition coefficient (Wildman–Crippen LogP) is 3.43. The van der Waals surface area contributed by atoms with Crippen LogP contribution in [0.4, 0.5) is 0 Å². The lowest BCUT2D eigenvalue weighted by molar-refractivity contribution is -0.0705. The highest BCUT2D eigenvalue weighted by Crippen LogP contribution is 2.20. The first kappa shape index (κ1) is 23.1. The Hall–Kier alpha value is -3.10. The molecule has 0 aliphatic carbocycles. The fraction of sp³-hybridized carbons (Fsp3) is 0.440. The van der Waals surface area contributed by atoms with Crippen molar-refractivity contribution in [1.29, 1.82) is 0 Å². The number of rotatable bonds is 4. The van der Waals surface area contributed by atoms with Gasteiger partial charge in [-0.1, -0.05) is 43.7 Å². The highest BCUT2D eigenvalue weighted by atomic mass is 16.5. The summed E-state index contributed by atoms with van der Waals surface area (Å²) in [6.45, 7) is 13.2. The fourth-order valence-electron chi connectivity index (χ4n) is 4.54. The van der Waals surface area contributed by atoms with Crippen molar-refractivity contribution in [2.24, 2.45) is 0 Å². The Balaban J connectivity index is 0.00000126. The zero-order valence-corrected chi connectivity index (χ0v) is 20.0. The van der Waals surface area contributed by atoms with Crippen LogP contribution >= 0.6 is 0 Å². The fourth-order valence-corrected chi connectivity index (χ4v) is 4.54. The van der Waals surface area contributed by atoms with E-state index < -0.39 is 0 Å². The molecule has 0 amide bonds. The van der Waals surface area contributed by atoms with Crippen molar-refractivity contribution in [1.82, 2.24) is 29.0 Å². The summed E-state index contributed by atoms with van der Waals surface area (Å²) in [6, 6.07) is 10.2. The maximum atomic E-state index is 13.1. The van der Waals surface area contributed by atoms with Gasteiger partial charge in [0, 0.05) is 25.8 Å². The molecule has 2 atom stereocenters. The molecule has 8 heteroatoms. The summed E-state index contributed by atoms with van der Waals surface area (Å²) in [4.78, 5) is 24.6. The van der Waals surface area contributed by atoms with Gasteiger partial charge in [-0.05, 0) is 38.0 Å². The Bertz CT molecular complexity index is 1300. The maximum Gasteiger partial charge on any atom is 0.352 e. The standard InChI is InChI=1S/C23H26N6O2.C2H6/c1-15-5-4-6-18(7-15)13-28-21-20(22-25-14-26-29(22)23(28)30)8-19(9-24-21)12-27-10-16(2)31-17(3)11-27;1-2/h4-9,14,16-17H,10-13H2,1-3H3;1-2H3. The molecule has 0 radical (unpaired) electrons. The lowest BCUT2D eigenvalue weighted by atomic mass is 10.1. The molecule has 0 spiro atoms. The van der Waals surface area contributed by atoms with Gasteiger partial charge in [-0.15, -0.1) is 0 Å². The van der Waals surface area contributed by atoms with E-state index in [1.165, 1.54) is 10.8 Å². The predicted molar refractivity (Wildman–Crippen MR) is 129 cm³/mol. The topological polar surface area (TPSA) is 77.5 Å². The highest BCUT2D eigenvalue weighted by Gasteiger charge is 2.23. The number of nitrogens with zero attached hydrogens (tertiary/aromatic N) is 6. The first-order chi connectivity index (χ1) is 16.0. The van der Waals surface area contributed by atoms with Gasteiger partial charge in [0.05, 0.1) is 24.1 Å². The van der Waals surface area contributed by atoms with Crippen LogP contribution in [0.1, 0.15) is 44.4 Å². The molecule has 1 saturated heterocycles. The third kappa shape index (κ3) is 4.82. The molecule has 8 nitrogen and oxygen atoms in total. The summed E-state index contributed by atoms with van der Waals surface area (Å²) in [7, 11) is 0. The van der Waals surface area contributed by atoms with E-state index in [1.54, 1.807) is 4.57 Å². The van der Waals surface area contributed by atoms with Crippen LogP contribution in [0.2, 0.25) is 0 Å². The summed E-state index contributed by atoms with van der Waals surface area (Å²) < 4.78 is 8.89. The van der Waals surface area contributed by atoms with Gasteiger partial charge in [0.25, 0.3) is 0 Å². The average Bonchev–Trinajstić information content (AvgIpc) is 3.28. The Morgan fingerprint density at radius 1 is 1.00 bits per heavy atom. The van der Waals surface area contributed by atoms with Crippen LogP contribution in [0.15, 0.2) is 47.7 Å². The van der Waals surface area contributed by atoms with E-state index in [-0.39, 0.29) is 17.9 Å². The number of ether oxygens (including phenoxy) is 1. The zero-order valence-electron chi connectivity index (χ0n) is 20.0. The Labute approximate surface area is 193 Å². The zero-order chi connectivity index (χ0) is 23.5. The molecular weight excluding hydrogens is 416 g/mol. The summed E-state index contributed by atoms with van der Waals surface area (Å²) >= 11 is 0. The van der Waals surface area contributed by atoms with Gasteiger partial charge in [0.15, 0.2) is 5.65 Å². The minimum Gasteiger partial charge on any atom is -0.373 e. The first-order valence-corrected chi connectivity index (χ1v) is 11.6. The molecule has 4 heterocycles. The highest BCUT2D eigenvalue weighted by molar-refractivity contribution is 5.89. The molecule has 1 fully saturated rings. The molecular formula is C25H32N6O2. The number of hydrogen-bond acceptors (Lipinski definition) is 6. The maximum absolute atomic E-state index is 13.1. The van der Waals surface area contributed by atoms with Crippen molar-refractivity contribution in [3.05, 3.63) is 70.0 Å². The summed E-state index contributed by atoms with van der Waals surface area (Å²) in [5.41, 5.74) is 4.21. The monoisotopic (exact) mass is 448 g/mol. The molecule has 0 saturated carbocycles. The number of morpholine rings is 1. The van der Waals surface area contributed by atoms with E-state index in [0.29, 0.717) is 17.8 Å². The minimum absolute atomic E-state index is 0.208. The lowest BCUT2D eigenvalue weighted by Crippen LogP contribution is -2.44. The molecule has 0 N–H and O–H groups in total. The van der Waals surface area contributed by atoms with Gasteiger partial charge >= 0.3 is 5.69 Å². The summed E-state index contributed by atoms with van der Waals surface area (Å²) in [5.74, 6) is 0. The molecule has 3 aromatic heterocycles. The number of aryl methyl sites for hydroxylation is 1. The van der Waals surface area contributed by atoms with E-state index in [0.717, 1.165) is 41.7 Å².